The van der Waals surface area contributed by atoms with Gasteiger partial charge in [0.2, 0.25) is 0 Å². The highest BCUT2D eigenvalue weighted by molar-refractivity contribution is 5.94. The van der Waals surface area contributed by atoms with Crippen LogP contribution in [0.3, 0.4) is 0 Å². The summed E-state index contributed by atoms with van der Waals surface area (Å²) >= 11 is 0. The van der Waals surface area contributed by atoms with Crippen LogP contribution in [0.25, 0.3) is 23.2 Å². The fourth-order valence-electron chi connectivity index (χ4n) is 4.35. The number of para-hydroxylation sites is 1. The third-order valence-electron chi connectivity index (χ3n) is 6.27. The van der Waals surface area contributed by atoms with Crippen LogP contribution in [0.1, 0.15) is 16.1 Å². The molecule has 0 N–H and O–H groups in total. The summed E-state index contributed by atoms with van der Waals surface area (Å²) < 4.78 is 3.80. The molecule has 6 nitrogen and oxygen atoms in total. The van der Waals surface area contributed by atoms with Crippen LogP contribution in [0.4, 0.5) is 0 Å². The van der Waals surface area contributed by atoms with Crippen LogP contribution in [0, 0.1) is 0 Å². The molecule has 1 saturated heterocycles. The third-order valence-corrected chi connectivity index (χ3v) is 6.27. The summed E-state index contributed by atoms with van der Waals surface area (Å²) in [7, 11) is 1.99. The highest BCUT2D eigenvalue weighted by Crippen LogP contribution is 2.23. The molecule has 1 aliphatic heterocycles. The number of hydrogen-bond donors (Lipinski definition) is 0. The fraction of sp³-hybridized carbons (Fsp3) is 0.214. The van der Waals surface area contributed by atoms with E-state index in [1.54, 1.807) is 4.68 Å². The maximum Gasteiger partial charge on any atom is 0.272 e. The lowest BCUT2D eigenvalue weighted by atomic mass is 10.2. The minimum atomic E-state index is 0.0243. The standard InChI is InChI=1S/C28H29N5O/c1-30-16-9-15-26(30)25-22-27(33(29-25)24-13-6-3-7-14-24)28(34)32-20-18-31(19-21-32)17-8-12-23-10-4-2-5-11-23/h2-16,22H,17-21H2,1H3/b12-8+. The van der Waals surface area contributed by atoms with Gasteiger partial charge in [-0.25, -0.2) is 4.68 Å². The van der Waals surface area contributed by atoms with Crippen LogP contribution in [0.5, 0.6) is 0 Å². The van der Waals surface area contributed by atoms with Gasteiger partial charge in [0.25, 0.3) is 5.91 Å². The van der Waals surface area contributed by atoms with Gasteiger partial charge in [0.15, 0.2) is 0 Å². The molecule has 34 heavy (non-hydrogen) atoms. The number of rotatable bonds is 6. The molecule has 2 aromatic heterocycles. The van der Waals surface area contributed by atoms with Crippen LogP contribution in [-0.2, 0) is 7.05 Å². The van der Waals surface area contributed by atoms with Crippen molar-refractivity contribution in [3.05, 3.63) is 102 Å². The molecule has 1 fully saturated rings. The molecule has 0 atom stereocenters. The monoisotopic (exact) mass is 451 g/mol. The SMILES string of the molecule is Cn1cccc1-c1cc(C(=O)N2CCN(C/C=C/c3ccccc3)CC2)n(-c2ccccc2)n1. The van der Waals surface area contributed by atoms with Gasteiger partial charge in [0.1, 0.15) is 11.4 Å². The van der Waals surface area contributed by atoms with Gasteiger partial charge in [-0.2, -0.15) is 5.10 Å². The first kappa shape index (κ1) is 21.9. The average molecular weight is 452 g/mol. The number of nitrogens with zero attached hydrogens (tertiary/aromatic N) is 5. The Morgan fingerprint density at radius 1 is 0.912 bits per heavy atom. The Hall–Kier alpha value is -3.90. The molecular formula is C28H29N5O. The lowest BCUT2D eigenvalue weighted by molar-refractivity contribution is 0.0641. The number of carbonyl (C=O) groups is 1. The van der Waals surface area contributed by atoms with Crippen LogP contribution in [0.15, 0.2) is 91.1 Å². The summed E-state index contributed by atoms with van der Waals surface area (Å²) in [4.78, 5) is 17.9. The fourth-order valence-corrected chi connectivity index (χ4v) is 4.35. The molecule has 0 radical (unpaired) electrons. The first-order valence-corrected chi connectivity index (χ1v) is 11.7. The summed E-state index contributed by atoms with van der Waals surface area (Å²) in [6.45, 7) is 4.01. The van der Waals surface area contributed by atoms with E-state index in [1.165, 1.54) is 5.56 Å². The van der Waals surface area contributed by atoms with E-state index >= 15 is 0 Å². The molecule has 0 spiro atoms. The molecule has 3 heterocycles. The molecule has 2 aromatic carbocycles. The van der Waals surface area contributed by atoms with E-state index < -0.39 is 0 Å². The van der Waals surface area contributed by atoms with Gasteiger partial charge >= 0.3 is 0 Å². The Labute approximate surface area is 200 Å². The molecule has 0 unspecified atom stereocenters. The smallest absolute Gasteiger partial charge is 0.272 e. The maximum absolute atomic E-state index is 13.6. The Kier molecular flexibility index (Phi) is 6.40. The van der Waals surface area contributed by atoms with Gasteiger partial charge in [0, 0.05) is 46.0 Å². The zero-order chi connectivity index (χ0) is 23.3. The van der Waals surface area contributed by atoms with Crippen molar-refractivity contribution < 1.29 is 4.79 Å². The Bertz CT molecular complexity index is 1260. The topological polar surface area (TPSA) is 46.3 Å². The molecule has 1 aliphatic rings. The minimum Gasteiger partial charge on any atom is -0.349 e. The summed E-state index contributed by atoms with van der Waals surface area (Å²) in [5.41, 5.74) is 4.47. The number of carbonyl (C=O) groups excluding carboxylic acids is 1. The molecule has 0 aliphatic carbocycles. The Balaban J connectivity index is 1.30. The maximum atomic E-state index is 13.6. The van der Waals surface area contributed by atoms with Crippen molar-refractivity contribution in [3.63, 3.8) is 0 Å². The molecule has 0 bridgehead atoms. The van der Waals surface area contributed by atoms with Gasteiger partial charge in [-0.15, -0.1) is 0 Å². The minimum absolute atomic E-state index is 0.0243. The zero-order valence-corrected chi connectivity index (χ0v) is 19.4. The van der Waals surface area contributed by atoms with Crippen molar-refractivity contribution in [2.75, 3.05) is 32.7 Å². The molecular weight excluding hydrogens is 422 g/mol. The predicted molar refractivity (Wildman–Crippen MR) is 136 cm³/mol. The number of aryl methyl sites for hydroxylation is 1. The van der Waals surface area contributed by atoms with Crippen molar-refractivity contribution in [2.24, 2.45) is 7.05 Å². The number of piperazine rings is 1. The summed E-state index contributed by atoms with van der Waals surface area (Å²) in [6, 6.07) is 26.1. The second kappa shape index (κ2) is 9.93. The highest BCUT2D eigenvalue weighted by Gasteiger charge is 2.26. The summed E-state index contributed by atoms with van der Waals surface area (Å²) in [5, 5.41) is 4.81. The first-order valence-electron chi connectivity index (χ1n) is 11.7. The van der Waals surface area contributed by atoms with E-state index in [-0.39, 0.29) is 5.91 Å². The van der Waals surface area contributed by atoms with Crippen LogP contribution in [-0.4, -0.2) is 62.8 Å². The average Bonchev–Trinajstić information content (AvgIpc) is 3.51. The lowest BCUT2D eigenvalue weighted by Gasteiger charge is -2.34. The molecule has 5 rings (SSSR count). The molecule has 172 valence electrons. The molecule has 1 amide bonds. The van der Waals surface area contributed by atoms with E-state index in [4.69, 9.17) is 5.10 Å². The quantitative estimate of drug-likeness (QED) is 0.438. The third kappa shape index (κ3) is 4.72. The number of aromatic nitrogens is 3. The lowest BCUT2D eigenvalue weighted by Crippen LogP contribution is -2.49. The predicted octanol–water partition coefficient (Wildman–Crippen LogP) is 4.35. The molecule has 4 aromatic rings. The van der Waals surface area contributed by atoms with E-state index in [1.807, 2.05) is 89.4 Å². The van der Waals surface area contributed by atoms with E-state index in [0.717, 1.165) is 36.7 Å². The van der Waals surface area contributed by atoms with Crippen molar-refractivity contribution >= 4 is 12.0 Å². The van der Waals surface area contributed by atoms with Gasteiger partial charge in [-0.05, 0) is 35.9 Å². The molecule has 6 heteroatoms. The molecule has 0 saturated carbocycles. The second-order valence-electron chi connectivity index (χ2n) is 8.57. The second-order valence-corrected chi connectivity index (χ2v) is 8.57. The highest BCUT2D eigenvalue weighted by atomic mass is 16.2. The summed E-state index contributed by atoms with van der Waals surface area (Å²) in [6.07, 6.45) is 6.34. The van der Waals surface area contributed by atoms with E-state index in [0.29, 0.717) is 18.8 Å². The van der Waals surface area contributed by atoms with Gasteiger partial charge in [0.05, 0.1) is 11.4 Å². The van der Waals surface area contributed by atoms with E-state index in [9.17, 15) is 4.79 Å². The van der Waals surface area contributed by atoms with Gasteiger partial charge < -0.3 is 9.47 Å². The van der Waals surface area contributed by atoms with Gasteiger partial charge in [-0.1, -0.05) is 60.7 Å². The van der Waals surface area contributed by atoms with Crippen LogP contribution in [0.2, 0.25) is 0 Å². The first-order chi connectivity index (χ1) is 16.7. The largest absolute Gasteiger partial charge is 0.349 e. The van der Waals surface area contributed by atoms with Crippen molar-refractivity contribution in [3.8, 4) is 17.1 Å². The van der Waals surface area contributed by atoms with Crippen LogP contribution < -0.4 is 0 Å². The Morgan fingerprint density at radius 3 is 2.29 bits per heavy atom. The van der Waals surface area contributed by atoms with Crippen molar-refractivity contribution in [2.45, 2.75) is 0 Å². The van der Waals surface area contributed by atoms with Crippen molar-refractivity contribution in [1.29, 1.82) is 0 Å². The van der Waals surface area contributed by atoms with Gasteiger partial charge in [-0.3, -0.25) is 9.69 Å². The number of hydrogen-bond acceptors (Lipinski definition) is 3. The van der Waals surface area contributed by atoms with E-state index in [2.05, 4.69) is 29.2 Å². The van der Waals surface area contributed by atoms with Crippen molar-refractivity contribution in [1.82, 2.24) is 24.1 Å². The van der Waals surface area contributed by atoms with Crippen LogP contribution >= 0.6 is 0 Å². The number of amides is 1. The normalized spacial score (nSPS) is 14.7. The zero-order valence-electron chi connectivity index (χ0n) is 19.4. The number of benzene rings is 2. The summed E-state index contributed by atoms with van der Waals surface area (Å²) in [5.74, 6) is 0.0243. The Morgan fingerprint density at radius 2 is 1.62 bits per heavy atom.